The molecule has 0 fully saturated rings. The molecule has 0 amide bonds. The molecule has 1 aromatic carbocycles. The van der Waals surface area contributed by atoms with Crippen LogP contribution in [0.2, 0.25) is 0 Å². The van der Waals surface area contributed by atoms with Crippen LogP contribution < -0.4 is 0 Å². The van der Waals surface area contributed by atoms with Gasteiger partial charge in [0.25, 0.3) is 0 Å². The van der Waals surface area contributed by atoms with Crippen molar-refractivity contribution in [3.63, 3.8) is 0 Å². The Hall–Kier alpha value is -1.15. The topological polar surface area (TPSA) is 34.1 Å². The first kappa shape index (κ1) is 13.9. The van der Waals surface area contributed by atoms with Gasteiger partial charge in [-0.05, 0) is 16.5 Å². The van der Waals surface area contributed by atoms with Gasteiger partial charge in [-0.3, -0.25) is 9.59 Å². The molecule has 1 atom stereocenters. The molecule has 0 saturated heterocycles. The summed E-state index contributed by atoms with van der Waals surface area (Å²) in [6.07, 6.45) is 0. The van der Waals surface area contributed by atoms with Gasteiger partial charge in [0.2, 0.25) is 5.78 Å². The molecule has 3 heteroatoms. The van der Waals surface area contributed by atoms with E-state index in [2.05, 4.69) is 20.8 Å². The fourth-order valence-corrected chi connectivity index (χ4v) is 1.78. The largest absolute Gasteiger partial charge is 0.291 e. The molecule has 0 heterocycles. The zero-order valence-corrected chi connectivity index (χ0v) is 11.3. The molecule has 0 N–H and O–H groups in total. The fraction of sp³-hybridized carbons (Fsp3) is 0.429. The number of hydrogen-bond donors (Lipinski definition) is 0. The summed E-state index contributed by atoms with van der Waals surface area (Å²) in [6, 6.07) is 7.49. The second-order valence-corrected chi connectivity index (χ2v) is 5.59. The van der Waals surface area contributed by atoms with Gasteiger partial charge >= 0.3 is 0 Å². The van der Waals surface area contributed by atoms with E-state index in [1.165, 1.54) is 12.5 Å². The van der Waals surface area contributed by atoms with Crippen molar-refractivity contribution < 1.29 is 9.59 Å². The predicted molar refractivity (Wildman–Crippen MR) is 69.4 cm³/mol. The average Bonchev–Trinajstić information content (AvgIpc) is 2.26. The lowest BCUT2D eigenvalue weighted by molar-refractivity contribution is -0.135. The first-order chi connectivity index (χ1) is 7.73. The Bertz CT molecular complexity index is 427. The minimum Gasteiger partial charge on any atom is -0.291 e. The third-order valence-electron chi connectivity index (χ3n) is 2.65. The molecule has 0 aromatic heterocycles. The zero-order chi connectivity index (χ0) is 13.2. The van der Waals surface area contributed by atoms with Gasteiger partial charge in [0.1, 0.15) is 5.38 Å². The van der Waals surface area contributed by atoms with Crippen LogP contribution in [0.5, 0.6) is 0 Å². The van der Waals surface area contributed by atoms with Gasteiger partial charge in [-0.2, -0.15) is 0 Å². The van der Waals surface area contributed by atoms with E-state index < -0.39 is 16.9 Å². The van der Waals surface area contributed by atoms with Gasteiger partial charge < -0.3 is 0 Å². The van der Waals surface area contributed by atoms with Crippen LogP contribution in [0.4, 0.5) is 0 Å². The van der Waals surface area contributed by atoms with Crippen molar-refractivity contribution in [2.24, 2.45) is 0 Å². The molecule has 92 valence electrons. The van der Waals surface area contributed by atoms with E-state index in [4.69, 9.17) is 11.6 Å². The number of hydrogen-bond acceptors (Lipinski definition) is 2. The van der Waals surface area contributed by atoms with Crippen molar-refractivity contribution in [2.75, 3.05) is 0 Å². The Kier molecular flexibility index (Phi) is 4.10. The number of rotatable bonds is 3. The molecule has 1 unspecified atom stereocenters. The maximum atomic E-state index is 11.4. The first-order valence-electron chi connectivity index (χ1n) is 5.53. The van der Waals surface area contributed by atoms with Crippen molar-refractivity contribution >= 4 is 23.2 Å². The number of halogens is 1. The highest BCUT2D eigenvalue weighted by molar-refractivity contribution is 6.48. The second-order valence-electron chi connectivity index (χ2n) is 5.16. The Labute approximate surface area is 107 Å². The monoisotopic (exact) mass is 252 g/mol. The third kappa shape index (κ3) is 3.40. The van der Waals surface area contributed by atoms with Crippen LogP contribution in [-0.4, -0.2) is 11.6 Å². The zero-order valence-electron chi connectivity index (χ0n) is 10.6. The molecule has 1 aromatic rings. The molecular weight excluding hydrogens is 236 g/mol. The summed E-state index contributed by atoms with van der Waals surface area (Å²) in [4.78, 5) is 22.4. The van der Waals surface area contributed by atoms with E-state index in [0.717, 1.165) is 0 Å². The lowest BCUT2D eigenvalue weighted by atomic mass is 9.86. The number of ketones is 2. The Morgan fingerprint density at radius 1 is 1.12 bits per heavy atom. The summed E-state index contributed by atoms with van der Waals surface area (Å²) in [7, 11) is 0. The number of carbonyl (C=O) groups is 2. The number of benzene rings is 1. The highest BCUT2D eigenvalue weighted by atomic mass is 35.5. The molecule has 0 spiro atoms. The lowest BCUT2D eigenvalue weighted by Crippen LogP contribution is -2.16. The summed E-state index contributed by atoms with van der Waals surface area (Å²) >= 11 is 5.95. The van der Waals surface area contributed by atoms with Crippen LogP contribution in [-0.2, 0) is 15.0 Å². The van der Waals surface area contributed by atoms with Crippen molar-refractivity contribution in [2.45, 2.75) is 38.5 Å². The van der Waals surface area contributed by atoms with Crippen molar-refractivity contribution in [1.82, 2.24) is 0 Å². The van der Waals surface area contributed by atoms with Crippen LogP contribution >= 0.6 is 11.6 Å². The normalized spacial score (nSPS) is 13.2. The van der Waals surface area contributed by atoms with E-state index in [9.17, 15) is 9.59 Å². The van der Waals surface area contributed by atoms with Crippen LogP contribution in [0.1, 0.15) is 44.2 Å². The SMILES string of the molecule is CC(=O)C(=O)C(Cl)c1ccc(C(C)(C)C)cc1. The van der Waals surface area contributed by atoms with Crippen molar-refractivity contribution in [3.05, 3.63) is 35.4 Å². The molecule has 0 saturated carbocycles. The maximum Gasteiger partial charge on any atom is 0.220 e. The molecule has 0 aliphatic heterocycles. The summed E-state index contributed by atoms with van der Waals surface area (Å²) in [5.41, 5.74) is 1.89. The highest BCUT2D eigenvalue weighted by Gasteiger charge is 2.22. The molecular formula is C14H17ClO2. The summed E-state index contributed by atoms with van der Waals surface area (Å²) in [6.45, 7) is 7.57. The number of Topliss-reactive ketones (excluding diaryl/α,β-unsaturated/α-hetero) is 2. The first-order valence-corrected chi connectivity index (χ1v) is 5.96. The summed E-state index contributed by atoms with van der Waals surface area (Å²) in [5.74, 6) is -1.07. The van der Waals surface area contributed by atoms with Crippen LogP contribution in [0.15, 0.2) is 24.3 Å². The minimum atomic E-state index is -0.874. The maximum absolute atomic E-state index is 11.4. The molecule has 0 aliphatic rings. The molecule has 0 radical (unpaired) electrons. The van der Waals surface area contributed by atoms with E-state index in [1.54, 1.807) is 12.1 Å². The quantitative estimate of drug-likeness (QED) is 0.610. The van der Waals surface area contributed by atoms with Crippen LogP contribution in [0.25, 0.3) is 0 Å². The van der Waals surface area contributed by atoms with Crippen molar-refractivity contribution in [3.8, 4) is 0 Å². The van der Waals surface area contributed by atoms with Gasteiger partial charge in [0.15, 0.2) is 5.78 Å². The van der Waals surface area contributed by atoms with Gasteiger partial charge in [-0.1, -0.05) is 45.0 Å². The van der Waals surface area contributed by atoms with Gasteiger partial charge in [-0.15, -0.1) is 11.6 Å². The van der Waals surface area contributed by atoms with Crippen molar-refractivity contribution in [1.29, 1.82) is 0 Å². The fourth-order valence-electron chi connectivity index (χ4n) is 1.48. The van der Waals surface area contributed by atoms with E-state index in [0.29, 0.717) is 5.56 Å². The molecule has 17 heavy (non-hydrogen) atoms. The standard InChI is InChI=1S/C14H17ClO2/c1-9(16)13(17)12(15)10-5-7-11(8-6-10)14(2,3)4/h5-8,12H,1-4H3. The second kappa shape index (κ2) is 5.01. The number of alkyl halides is 1. The van der Waals surface area contributed by atoms with Gasteiger partial charge in [-0.25, -0.2) is 0 Å². The summed E-state index contributed by atoms with van der Waals surface area (Å²) in [5, 5.41) is -0.874. The predicted octanol–water partition coefficient (Wildman–Crippen LogP) is 3.42. The molecule has 0 aliphatic carbocycles. The molecule has 0 bridgehead atoms. The number of carbonyl (C=O) groups excluding carboxylic acids is 2. The molecule has 1 rings (SSSR count). The van der Waals surface area contributed by atoms with Gasteiger partial charge in [0, 0.05) is 6.92 Å². The Morgan fingerprint density at radius 2 is 1.59 bits per heavy atom. The third-order valence-corrected chi connectivity index (χ3v) is 3.10. The van der Waals surface area contributed by atoms with E-state index in [-0.39, 0.29) is 5.41 Å². The Balaban J connectivity index is 2.96. The highest BCUT2D eigenvalue weighted by Crippen LogP contribution is 2.26. The molecule has 2 nitrogen and oxygen atoms in total. The Morgan fingerprint density at radius 3 is 1.94 bits per heavy atom. The van der Waals surface area contributed by atoms with E-state index in [1.807, 2.05) is 12.1 Å². The van der Waals surface area contributed by atoms with E-state index >= 15 is 0 Å². The summed E-state index contributed by atoms with van der Waals surface area (Å²) < 4.78 is 0. The van der Waals surface area contributed by atoms with Gasteiger partial charge in [0.05, 0.1) is 0 Å². The van der Waals surface area contributed by atoms with Crippen LogP contribution in [0.3, 0.4) is 0 Å². The van der Waals surface area contributed by atoms with Crippen LogP contribution in [0, 0.1) is 0 Å². The minimum absolute atomic E-state index is 0.0604. The lowest BCUT2D eigenvalue weighted by Gasteiger charge is -2.19. The average molecular weight is 253 g/mol. The smallest absolute Gasteiger partial charge is 0.220 e.